The van der Waals surface area contributed by atoms with E-state index in [1.54, 1.807) is 0 Å². The third-order valence-electron chi connectivity index (χ3n) is 5.33. The molecule has 0 bridgehead atoms. The summed E-state index contributed by atoms with van der Waals surface area (Å²) in [5.74, 6) is 0.410. The van der Waals surface area contributed by atoms with Crippen molar-refractivity contribution in [2.75, 3.05) is 13.1 Å². The average molecular weight is 302 g/mol. The fourth-order valence-electron chi connectivity index (χ4n) is 4.06. The van der Waals surface area contributed by atoms with Gasteiger partial charge in [0.1, 0.15) is 0 Å². The summed E-state index contributed by atoms with van der Waals surface area (Å²) >= 11 is 0. The fraction of sp³-hybridized carbons (Fsp3) is 0.286. The van der Waals surface area contributed by atoms with E-state index in [9.17, 15) is 0 Å². The van der Waals surface area contributed by atoms with Gasteiger partial charge in [0, 0.05) is 30.6 Å². The summed E-state index contributed by atoms with van der Waals surface area (Å²) in [6, 6.07) is 19.3. The van der Waals surface area contributed by atoms with Crippen LogP contribution in [0.4, 0.5) is 5.69 Å². The maximum atomic E-state index is 4.69. The highest BCUT2D eigenvalue weighted by molar-refractivity contribution is 5.86. The van der Waals surface area contributed by atoms with E-state index in [1.165, 1.54) is 11.1 Å². The molecule has 1 saturated heterocycles. The topological polar surface area (TPSA) is 15.6 Å². The van der Waals surface area contributed by atoms with E-state index in [-0.39, 0.29) is 5.41 Å². The summed E-state index contributed by atoms with van der Waals surface area (Å²) < 4.78 is 0. The smallest absolute Gasteiger partial charge is 0.0667 e. The molecule has 0 N–H and O–H groups in total. The fourth-order valence-corrected chi connectivity index (χ4v) is 4.06. The molecule has 2 atom stereocenters. The summed E-state index contributed by atoms with van der Waals surface area (Å²) in [6.07, 6.45) is 5.42. The van der Waals surface area contributed by atoms with E-state index in [1.807, 2.05) is 0 Å². The van der Waals surface area contributed by atoms with Gasteiger partial charge in [0.15, 0.2) is 0 Å². The minimum atomic E-state index is 0.0472. The molecule has 4 rings (SSSR count). The molecule has 0 unspecified atom stereocenters. The maximum Gasteiger partial charge on any atom is 0.0667 e. The first-order valence-electron chi connectivity index (χ1n) is 8.35. The van der Waals surface area contributed by atoms with Gasteiger partial charge in [-0.05, 0) is 30.2 Å². The van der Waals surface area contributed by atoms with Crippen LogP contribution in [0.25, 0.3) is 0 Å². The molecule has 23 heavy (non-hydrogen) atoms. The molecule has 2 heteroatoms. The Bertz CT molecular complexity index is 735. The number of aliphatic imine (C=N–C) groups is 1. The van der Waals surface area contributed by atoms with Crippen LogP contribution in [0, 0.1) is 5.92 Å². The zero-order chi connectivity index (χ0) is 15.7. The number of hydrogen-bond donors (Lipinski definition) is 0. The van der Waals surface area contributed by atoms with Crippen LogP contribution in [0.2, 0.25) is 0 Å². The van der Waals surface area contributed by atoms with Crippen molar-refractivity contribution >= 4 is 11.9 Å². The molecule has 0 aromatic heterocycles. The Hall–Kier alpha value is -2.19. The molecule has 0 aliphatic carbocycles. The van der Waals surface area contributed by atoms with E-state index in [0.717, 1.165) is 31.7 Å². The van der Waals surface area contributed by atoms with Crippen molar-refractivity contribution in [2.24, 2.45) is 10.9 Å². The molecule has 2 aliphatic heterocycles. The number of benzene rings is 2. The molecule has 2 aliphatic rings. The predicted octanol–water partition coefficient (Wildman–Crippen LogP) is 4.35. The first-order valence-corrected chi connectivity index (χ1v) is 8.35. The van der Waals surface area contributed by atoms with Crippen LogP contribution in [-0.4, -0.2) is 24.2 Å². The molecule has 2 heterocycles. The normalized spacial score (nSPS) is 26.3. The molecular weight excluding hydrogens is 280 g/mol. The quantitative estimate of drug-likeness (QED) is 0.770. The Morgan fingerprint density at radius 2 is 1.91 bits per heavy atom. The van der Waals surface area contributed by atoms with Gasteiger partial charge < -0.3 is 0 Å². The highest BCUT2D eigenvalue weighted by Gasteiger charge is 2.45. The molecule has 0 radical (unpaired) electrons. The number of hydrogen-bond acceptors (Lipinski definition) is 2. The Morgan fingerprint density at radius 1 is 1.13 bits per heavy atom. The molecule has 1 fully saturated rings. The summed E-state index contributed by atoms with van der Waals surface area (Å²) in [5, 5.41) is 0. The maximum absolute atomic E-state index is 4.69. The minimum absolute atomic E-state index is 0.0472. The number of likely N-dealkylation sites (tertiary alicyclic amines) is 1. The average Bonchev–Trinajstić information content (AvgIpc) is 2.97. The molecule has 0 amide bonds. The standard InChI is InChI=1S/C21H22N2/c1-2-18-15-23(14-17-8-4-3-5-9-17)13-12-21(18)16-22-20-11-7-6-10-19(20)21/h2-11,16,18H,1,12-15H2/t18-,21+/m0/s1. The van der Waals surface area contributed by atoms with Crippen LogP contribution >= 0.6 is 0 Å². The summed E-state index contributed by atoms with van der Waals surface area (Å²) in [6.45, 7) is 7.28. The van der Waals surface area contributed by atoms with Gasteiger partial charge in [-0.1, -0.05) is 54.6 Å². The lowest BCUT2D eigenvalue weighted by molar-refractivity contribution is 0.149. The van der Waals surface area contributed by atoms with Gasteiger partial charge in [-0.3, -0.25) is 9.89 Å². The zero-order valence-corrected chi connectivity index (χ0v) is 13.4. The third kappa shape index (κ3) is 2.43. The van der Waals surface area contributed by atoms with Crippen molar-refractivity contribution in [2.45, 2.75) is 18.4 Å². The Morgan fingerprint density at radius 3 is 2.74 bits per heavy atom. The summed E-state index contributed by atoms with van der Waals surface area (Å²) in [5.41, 5.74) is 3.94. The van der Waals surface area contributed by atoms with E-state index < -0.39 is 0 Å². The Kier molecular flexibility index (Phi) is 3.62. The van der Waals surface area contributed by atoms with Crippen molar-refractivity contribution in [3.8, 4) is 0 Å². The Balaban J connectivity index is 1.58. The number of piperidine rings is 1. The van der Waals surface area contributed by atoms with Crippen LogP contribution in [0.1, 0.15) is 17.5 Å². The van der Waals surface area contributed by atoms with Gasteiger partial charge in [0.25, 0.3) is 0 Å². The van der Waals surface area contributed by atoms with Gasteiger partial charge in [-0.2, -0.15) is 0 Å². The lowest BCUT2D eigenvalue weighted by Gasteiger charge is -2.43. The number of nitrogens with zero attached hydrogens (tertiary/aromatic N) is 2. The highest BCUT2D eigenvalue weighted by Crippen LogP contribution is 2.46. The van der Waals surface area contributed by atoms with Gasteiger partial charge in [0.05, 0.1) is 5.69 Å². The highest BCUT2D eigenvalue weighted by atomic mass is 15.1. The second-order valence-electron chi connectivity index (χ2n) is 6.63. The number of rotatable bonds is 3. The molecule has 2 aromatic carbocycles. The monoisotopic (exact) mass is 302 g/mol. The van der Waals surface area contributed by atoms with Crippen LogP contribution in [0.15, 0.2) is 72.2 Å². The molecule has 2 aromatic rings. The summed E-state index contributed by atoms with van der Waals surface area (Å²) in [7, 11) is 0. The second-order valence-corrected chi connectivity index (χ2v) is 6.63. The molecule has 0 saturated carbocycles. The minimum Gasteiger partial charge on any atom is -0.298 e. The van der Waals surface area contributed by atoms with Crippen LogP contribution in [-0.2, 0) is 12.0 Å². The molecule has 116 valence electrons. The van der Waals surface area contributed by atoms with Gasteiger partial charge in [-0.15, -0.1) is 6.58 Å². The molecule has 2 nitrogen and oxygen atoms in total. The lowest BCUT2D eigenvalue weighted by Crippen LogP contribution is -2.49. The third-order valence-corrected chi connectivity index (χ3v) is 5.33. The van der Waals surface area contributed by atoms with E-state index in [0.29, 0.717) is 5.92 Å². The first-order chi connectivity index (χ1) is 11.3. The van der Waals surface area contributed by atoms with E-state index >= 15 is 0 Å². The van der Waals surface area contributed by atoms with Gasteiger partial charge in [0.2, 0.25) is 0 Å². The van der Waals surface area contributed by atoms with Crippen molar-refractivity contribution in [1.82, 2.24) is 4.90 Å². The van der Waals surface area contributed by atoms with E-state index in [4.69, 9.17) is 4.99 Å². The first kappa shape index (κ1) is 14.4. The molecular formula is C21H22N2. The van der Waals surface area contributed by atoms with E-state index in [2.05, 4.69) is 78.4 Å². The van der Waals surface area contributed by atoms with Crippen molar-refractivity contribution in [3.05, 3.63) is 78.4 Å². The van der Waals surface area contributed by atoms with Gasteiger partial charge in [-0.25, -0.2) is 0 Å². The van der Waals surface area contributed by atoms with Crippen molar-refractivity contribution < 1.29 is 0 Å². The van der Waals surface area contributed by atoms with Crippen LogP contribution in [0.5, 0.6) is 0 Å². The van der Waals surface area contributed by atoms with Gasteiger partial charge >= 0.3 is 0 Å². The summed E-state index contributed by atoms with van der Waals surface area (Å²) in [4.78, 5) is 7.24. The largest absolute Gasteiger partial charge is 0.298 e. The predicted molar refractivity (Wildman–Crippen MR) is 96.3 cm³/mol. The lowest BCUT2D eigenvalue weighted by atomic mass is 9.67. The number of para-hydroxylation sites is 1. The van der Waals surface area contributed by atoms with Crippen LogP contribution in [0.3, 0.4) is 0 Å². The number of fused-ring (bicyclic) bond motifs is 2. The molecule has 1 spiro atoms. The van der Waals surface area contributed by atoms with Crippen LogP contribution < -0.4 is 0 Å². The SMILES string of the molecule is C=C[C@H]1CN(Cc2ccccc2)CC[C@@]12C=Nc1ccccc12. The van der Waals surface area contributed by atoms with Crippen molar-refractivity contribution in [1.29, 1.82) is 0 Å². The van der Waals surface area contributed by atoms with Crippen molar-refractivity contribution in [3.63, 3.8) is 0 Å². The second kappa shape index (κ2) is 5.78. The zero-order valence-electron chi connectivity index (χ0n) is 13.4. The Labute approximate surface area is 138 Å².